The van der Waals surface area contributed by atoms with Gasteiger partial charge in [-0.2, -0.15) is 0 Å². The summed E-state index contributed by atoms with van der Waals surface area (Å²) in [6.07, 6.45) is 3.85. The Bertz CT molecular complexity index is 1090. The van der Waals surface area contributed by atoms with Crippen LogP contribution in [0.5, 0.6) is 11.5 Å². The summed E-state index contributed by atoms with van der Waals surface area (Å²) in [6.45, 7) is 7.08. The average Bonchev–Trinajstić information content (AvgIpc) is 3.55. The van der Waals surface area contributed by atoms with Crippen LogP contribution in [0.15, 0.2) is 47.0 Å². The summed E-state index contributed by atoms with van der Waals surface area (Å²) in [4.78, 5) is 31.1. The molecule has 0 saturated carbocycles. The normalized spacial score (nSPS) is 18.5. The number of amides is 1. The SMILES string of the molecule is CCCCCOc1ccc(C2C(C(=O)c3cccs3)=C(O)C(=O)N2CCCN2CCOCC2)cc1OC. The van der Waals surface area contributed by atoms with E-state index in [-0.39, 0.29) is 11.4 Å². The molecule has 0 aliphatic carbocycles. The van der Waals surface area contributed by atoms with Gasteiger partial charge < -0.3 is 24.2 Å². The molecule has 0 radical (unpaired) electrons. The van der Waals surface area contributed by atoms with Gasteiger partial charge in [-0.05, 0) is 42.0 Å². The number of rotatable bonds is 13. The Hall–Kier alpha value is -2.88. The van der Waals surface area contributed by atoms with E-state index in [0.29, 0.717) is 54.7 Å². The van der Waals surface area contributed by atoms with Gasteiger partial charge in [0.15, 0.2) is 17.3 Å². The number of aliphatic hydroxyl groups is 1. The predicted molar refractivity (Wildman–Crippen MR) is 143 cm³/mol. The summed E-state index contributed by atoms with van der Waals surface area (Å²) in [7, 11) is 1.57. The van der Waals surface area contributed by atoms with Gasteiger partial charge in [0.2, 0.25) is 5.78 Å². The van der Waals surface area contributed by atoms with Gasteiger partial charge in [-0.15, -0.1) is 11.3 Å². The molecule has 0 spiro atoms. The Morgan fingerprint density at radius 3 is 2.65 bits per heavy atom. The van der Waals surface area contributed by atoms with Crippen molar-refractivity contribution < 1.29 is 28.9 Å². The highest BCUT2D eigenvalue weighted by Crippen LogP contribution is 2.42. The van der Waals surface area contributed by atoms with Crippen LogP contribution in [-0.4, -0.2) is 79.7 Å². The number of unbranched alkanes of at least 4 members (excludes halogenated alkanes) is 2. The van der Waals surface area contributed by atoms with Crippen molar-refractivity contribution in [3.05, 3.63) is 57.5 Å². The first-order chi connectivity index (χ1) is 18.0. The first kappa shape index (κ1) is 27.2. The van der Waals surface area contributed by atoms with E-state index in [0.717, 1.165) is 38.9 Å². The molecule has 1 atom stereocenters. The third-order valence-corrected chi connectivity index (χ3v) is 7.65. The van der Waals surface area contributed by atoms with Crippen LogP contribution in [0.3, 0.4) is 0 Å². The number of carbonyl (C=O) groups is 2. The molecule has 1 aromatic heterocycles. The maximum atomic E-state index is 13.5. The fourth-order valence-electron chi connectivity index (χ4n) is 4.80. The number of morpholine rings is 1. The third-order valence-electron chi connectivity index (χ3n) is 6.78. The van der Waals surface area contributed by atoms with Gasteiger partial charge in [-0.1, -0.05) is 31.9 Å². The Morgan fingerprint density at radius 1 is 1.14 bits per heavy atom. The number of ether oxygens (including phenoxy) is 3. The van der Waals surface area contributed by atoms with Gasteiger partial charge in [0, 0.05) is 26.2 Å². The summed E-state index contributed by atoms with van der Waals surface area (Å²) in [5, 5.41) is 12.7. The number of hydrogen-bond donors (Lipinski definition) is 1. The van der Waals surface area contributed by atoms with E-state index in [9.17, 15) is 14.7 Å². The largest absolute Gasteiger partial charge is 0.503 e. The Labute approximate surface area is 222 Å². The maximum Gasteiger partial charge on any atom is 0.290 e. The fraction of sp³-hybridized carbons (Fsp3) is 0.500. The van der Waals surface area contributed by atoms with E-state index in [1.54, 1.807) is 24.1 Å². The summed E-state index contributed by atoms with van der Waals surface area (Å²) < 4.78 is 17.0. The zero-order valence-electron chi connectivity index (χ0n) is 21.6. The number of aliphatic hydroxyl groups excluding tert-OH is 1. The number of thiophene rings is 1. The van der Waals surface area contributed by atoms with E-state index < -0.39 is 17.7 Å². The van der Waals surface area contributed by atoms with Crippen LogP contribution in [0.25, 0.3) is 0 Å². The van der Waals surface area contributed by atoms with Gasteiger partial charge >= 0.3 is 0 Å². The van der Waals surface area contributed by atoms with Crippen molar-refractivity contribution in [2.24, 2.45) is 0 Å². The summed E-state index contributed by atoms with van der Waals surface area (Å²) in [5.41, 5.74) is 0.805. The zero-order valence-corrected chi connectivity index (χ0v) is 22.4. The van der Waals surface area contributed by atoms with Gasteiger partial charge in [0.05, 0.1) is 43.4 Å². The van der Waals surface area contributed by atoms with Crippen molar-refractivity contribution in [2.45, 2.75) is 38.6 Å². The van der Waals surface area contributed by atoms with Crippen molar-refractivity contribution in [1.29, 1.82) is 0 Å². The van der Waals surface area contributed by atoms with Gasteiger partial charge in [0.25, 0.3) is 5.91 Å². The number of ketones is 1. The van der Waals surface area contributed by atoms with E-state index in [1.165, 1.54) is 11.3 Å². The van der Waals surface area contributed by atoms with Crippen molar-refractivity contribution in [3.63, 3.8) is 0 Å². The van der Waals surface area contributed by atoms with Crippen molar-refractivity contribution in [1.82, 2.24) is 9.80 Å². The van der Waals surface area contributed by atoms with Crippen LogP contribution in [0, 0.1) is 0 Å². The van der Waals surface area contributed by atoms with Gasteiger partial charge in [-0.3, -0.25) is 14.5 Å². The van der Waals surface area contributed by atoms with Crippen LogP contribution >= 0.6 is 11.3 Å². The van der Waals surface area contributed by atoms with E-state index in [1.807, 2.05) is 23.6 Å². The summed E-state index contributed by atoms with van der Waals surface area (Å²) in [5.74, 6) is -0.186. The van der Waals surface area contributed by atoms with Crippen LogP contribution < -0.4 is 9.47 Å². The van der Waals surface area contributed by atoms with Gasteiger partial charge in [-0.25, -0.2) is 0 Å². The molecule has 3 heterocycles. The van der Waals surface area contributed by atoms with Crippen LogP contribution in [0.4, 0.5) is 0 Å². The molecule has 37 heavy (non-hydrogen) atoms. The molecule has 1 saturated heterocycles. The molecule has 1 fully saturated rings. The molecule has 1 aromatic carbocycles. The molecule has 2 aromatic rings. The number of Topliss-reactive ketones (excluding diaryl/α,β-unsaturated/α-hetero) is 1. The molecule has 9 heteroatoms. The second-order valence-electron chi connectivity index (χ2n) is 9.24. The van der Waals surface area contributed by atoms with E-state index >= 15 is 0 Å². The standard InChI is InChI=1S/C28H36N2O6S/c1-3-4-5-15-36-21-10-9-20(19-22(21)34-2)25-24(26(31)23-8-6-18-37-23)27(32)28(33)30(25)12-7-11-29-13-16-35-17-14-29/h6,8-10,18-19,25,32H,3-5,7,11-17H2,1-2H3. The topological polar surface area (TPSA) is 88.5 Å². The number of carbonyl (C=O) groups excluding carboxylic acids is 2. The second kappa shape index (κ2) is 13.1. The van der Waals surface area contributed by atoms with Crippen LogP contribution in [0.1, 0.15) is 53.9 Å². The monoisotopic (exact) mass is 528 g/mol. The summed E-state index contributed by atoms with van der Waals surface area (Å²) in [6, 6.07) is 8.26. The molecule has 1 unspecified atom stereocenters. The number of methoxy groups -OCH3 is 1. The highest BCUT2D eigenvalue weighted by atomic mass is 32.1. The molecule has 0 bridgehead atoms. The quantitative estimate of drug-likeness (QED) is 0.300. The lowest BCUT2D eigenvalue weighted by Gasteiger charge is -2.30. The molecule has 8 nitrogen and oxygen atoms in total. The van der Waals surface area contributed by atoms with Crippen molar-refractivity contribution in [3.8, 4) is 11.5 Å². The fourth-order valence-corrected chi connectivity index (χ4v) is 5.48. The predicted octanol–water partition coefficient (Wildman–Crippen LogP) is 4.63. The smallest absolute Gasteiger partial charge is 0.290 e. The average molecular weight is 529 g/mol. The molecular formula is C28H36N2O6S. The van der Waals surface area contributed by atoms with Crippen molar-refractivity contribution in [2.75, 3.05) is 53.1 Å². The van der Waals surface area contributed by atoms with Crippen molar-refractivity contribution >= 4 is 23.0 Å². The minimum atomic E-state index is -0.713. The Morgan fingerprint density at radius 2 is 1.95 bits per heavy atom. The lowest BCUT2D eigenvalue weighted by atomic mass is 9.95. The highest BCUT2D eigenvalue weighted by Gasteiger charge is 2.44. The van der Waals surface area contributed by atoms with Crippen LogP contribution in [-0.2, 0) is 9.53 Å². The number of nitrogens with zero attached hydrogens (tertiary/aromatic N) is 2. The minimum absolute atomic E-state index is 0.109. The first-order valence-corrected chi connectivity index (χ1v) is 13.9. The van der Waals surface area contributed by atoms with E-state index in [4.69, 9.17) is 14.2 Å². The van der Waals surface area contributed by atoms with E-state index in [2.05, 4.69) is 11.8 Å². The van der Waals surface area contributed by atoms with Crippen LogP contribution in [0.2, 0.25) is 0 Å². The first-order valence-electron chi connectivity index (χ1n) is 13.0. The minimum Gasteiger partial charge on any atom is -0.503 e. The number of hydrogen-bond acceptors (Lipinski definition) is 8. The second-order valence-corrected chi connectivity index (χ2v) is 10.2. The zero-order chi connectivity index (χ0) is 26.2. The molecule has 2 aliphatic rings. The summed E-state index contributed by atoms with van der Waals surface area (Å²) >= 11 is 1.29. The molecular weight excluding hydrogens is 492 g/mol. The molecule has 2 aliphatic heterocycles. The number of benzene rings is 1. The molecule has 200 valence electrons. The lowest BCUT2D eigenvalue weighted by molar-refractivity contribution is -0.129. The molecule has 1 amide bonds. The van der Waals surface area contributed by atoms with Gasteiger partial charge in [0.1, 0.15) is 0 Å². The molecule has 1 N–H and O–H groups in total. The molecule has 4 rings (SSSR count). The lowest BCUT2D eigenvalue weighted by Crippen LogP contribution is -2.39. The Kier molecular flexibility index (Phi) is 9.60. The Balaban J connectivity index is 1.60. The highest BCUT2D eigenvalue weighted by molar-refractivity contribution is 7.12. The maximum absolute atomic E-state index is 13.5. The third kappa shape index (κ3) is 6.34.